The van der Waals surface area contributed by atoms with Gasteiger partial charge in [0.2, 0.25) is 11.8 Å². The Morgan fingerprint density at radius 2 is 1.61 bits per heavy atom. The summed E-state index contributed by atoms with van der Waals surface area (Å²) in [4.78, 5) is 58.5. The Balaban J connectivity index is 1.24. The number of rotatable bonds is 6. The Labute approximate surface area is 255 Å². The number of Topliss-reactive ketones (excluding diaryl/α,β-unsaturated/α-hetero) is 1. The van der Waals surface area contributed by atoms with Gasteiger partial charge in [0.15, 0.2) is 11.6 Å². The van der Waals surface area contributed by atoms with E-state index in [1.54, 1.807) is 19.1 Å². The largest absolute Gasteiger partial charge is 0.491 e. The van der Waals surface area contributed by atoms with Gasteiger partial charge < -0.3 is 19.5 Å². The van der Waals surface area contributed by atoms with Crippen LogP contribution < -0.4 is 14.5 Å². The van der Waals surface area contributed by atoms with Gasteiger partial charge in [-0.2, -0.15) is 0 Å². The zero-order valence-electron chi connectivity index (χ0n) is 24.5. The van der Waals surface area contributed by atoms with E-state index < -0.39 is 17.8 Å². The lowest BCUT2D eigenvalue weighted by Gasteiger charge is -2.42. The van der Waals surface area contributed by atoms with Crippen molar-refractivity contribution in [3.05, 3.63) is 88.5 Å². The molecule has 44 heavy (non-hydrogen) atoms. The van der Waals surface area contributed by atoms with Crippen LogP contribution in [-0.4, -0.2) is 68.0 Å². The van der Waals surface area contributed by atoms with Gasteiger partial charge in [-0.1, -0.05) is 23.8 Å². The Morgan fingerprint density at radius 3 is 2.32 bits per heavy atom. The number of aliphatic hydroxyl groups excluding tert-OH is 1. The molecular formula is C35H34N2O7. The maximum absolute atomic E-state index is 14.2. The highest BCUT2D eigenvalue weighted by molar-refractivity contribution is 6.25. The van der Waals surface area contributed by atoms with Crippen molar-refractivity contribution < 1.29 is 33.8 Å². The summed E-state index contributed by atoms with van der Waals surface area (Å²) < 4.78 is 11.0. The molecule has 2 amide bonds. The molecule has 0 saturated carbocycles. The number of aliphatic hydroxyl groups is 1. The van der Waals surface area contributed by atoms with Crippen molar-refractivity contribution in [2.75, 3.05) is 49.3 Å². The Hall–Kier alpha value is -4.34. The van der Waals surface area contributed by atoms with E-state index in [1.165, 1.54) is 11.0 Å². The number of carbonyl (C=O) groups is 4. The van der Waals surface area contributed by atoms with Crippen molar-refractivity contribution in [2.45, 2.75) is 25.7 Å². The first-order valence-corrected chi connectivity index (χ1v) is 15.2. The monoisotopic (exact) mass is 594 g/mol. The number of imide groups is 1. The van der Waals surface area contributed by atoms with Crippen LogP contribution in [0.3, 0.4) is 0 Å². The second-order valence-electron chi connectivity index (χ2n) is 12.0. The lowest BCUT2D eigenvalue weighted by atomic mass is 9.59. The van der Waals surface area contributed by atoms with Crippen molar-refractivity contribution in [3.63, 3.8) is 0 Å². The third-order valence-electron chi connectivity index (χ3n) is 9.62. The predicted molar refractivity (Wildman–Crippen MR) is 162 cm³/mol. The van der Waals surface area contributed by atoms with E-state index in [0.29, 0.717) is 47.8 Å². The summed E-state index contributed by atoms with van der Waals surface area (Å²) in [6, 6.07) is 14.8. The molecule has 7 rings (SSSR count). The highest BCUT2D eigenvalue weighted by atomic mass is 16.5. The first kappa shape index (κ1) is 28.4. The standard InChI is InChI=1S/C35H34N2O7/c1-20-18-29(39)32-28(33(20)40)19-27-25(30(32)21-2-8-24(9-3-21)44-17-14-38)10-11-26-31(27)35(42)37(34(26)41)23-6-4-22(5-7-23)36-12-15-43-16-13-36/h2-10,18,26-27,30-31,38H,11-17,19H2,1H3/t26-,27+,30-,31-/m0/s1. The number of nitrogens with zero attached hydrogens (tertiary/aromatic N) is 2. The third-order valence-corrected chi connectivity index (χ3v) is 9.62. The predicted octanol–water partition coefficient (Wildman–Crippen LogP) is 3.53. The molecule has 2 saturated heterocycles. The zero-order valence-corrected chi connectivity index (χ0v) is 24.5. The van der Waals surface area contributed by atoms with Gasteiger partial charge in [0.25, 0.3) is 0 Å². The molecule has 226 valence electrons. The van der Waals surface area contributed by atoms with Crippen LogP contribution in [0.5, 0.6) is 5.75 Å². The van der Waals surface area contributed by atoms with E-state index in [4.69, 9.17) is 14.6 Å². The van der Waals surface area contributed by atoms with Crippen LogP contribution >= 0.6 is 0 Å². The van der Waals surface area contributed by atoms with Gasteiger partial charge in [0.1, 0.15) is 12.4 Å². The molecule has 2 heterocycles. The lowest BCUT2D eigenvalue weighted by Crippen LogP contribution is -2.39. The number of ketones is 2. The Kier molecular flexibility index (Phi) is 7.30. The van der Waals surface area contributed by atoms with Crippen molar-refractivity contribution in [1.29, 1.82) is 0 Å². The number of anilines is 2. The molecule has 9 nitrogen and oxygen atoms in total. The van der Waals surface area contributed by atoms with Crippen LogP contribution in [0.25, 0.3) is 0 Å². The molecule has 2 aromatic carbocycles. The van der Waals surface area contributed by atoms with Crippen molar-refractivity contribution in [1.82, 2.24) is 0 Å². The second-order valence-corrected chi connectivity index (χ2v) is 12.0. The fourth-order valence-corrected chi connectivity index (χ4v) is 7.57. The van der Waals surface area contributed by atoms with Crippen molar-refractivity contribution in [3.8, 4) is 5.75 Å². The van der Waals surface area contributed by atoms with Gasteiger partial charge >= 0.3 is 0 Å². The molecule has 5 aliphatic rings. The molecule has 0 aromatic heterocycles. The highest BCUT2D eigenvalue weighted by Gasteiger charge is 2.56. The Morgan fingerprint density at radius 1 is 0.909 bits per heavy atom. The van der Waals surface area contributed by atoms with Crippen LogP contribution in [0.15, 0.2) is 83.0 Å². The number of fused-ring (bicyclic) bond motifs is 3. The normalized spacial score (nSPS) is 26.7. The minimum atomic E-state index is -0.626. The number of amides is 2. The van der Waals surface area contributed by atoms with Crippen LogP contribution in [-0.2, 0) is 23.9 Å². The van der Waals surface area contributed by atoms with Crippen molar-refractivity contribution >= 4 is 34.8 Å². The maximum atomic E-state index is 14.2. The van der Waals surface area contributed by atoms with Crippen LogP contribution in [0, 0.1) is 17.8 Å². The quantitative estimate of drug-likeness (QED) is 0.307. The molecule has 0 spiro atoms. The zero-order chi connectivity index (χ0) is 30.5. The fraction of sp³-hybridized carbons (Fsp3) is 0.371. The number of allylic oxidation sites excluding steroid dienone is 6. The molecule has 3 aliphatic carbocycles. The first-order chi connectivity index (χ1) is 21.4. The van der Waals surface area contributed by atoms with Crippen LogP contribution in [0.1, 0.15) is 31.2 Å². The lowest BCUT2D eigenvalue weighted by molar-refractivity contribution is -0.123. The SMILES string of the molecule is CC1=CC(=O)C2=C(C[C@@H]3C(=CC[C@@H]4C(=O)N(c5ccc(N6CCOCC6)cc5)C(=O)[C@@H]43)[C@@H]2c2ccc(OCCO)cc2)C1=O. The average molecular weight is 595 g/mol. The highest BCUT2D eigenvalue weighted by Crippen LogP contribution is 2.55. The van der Waals surface area contributed by atoms with Crippen LogP contribution in [0.2, 0.25) is 0 Å². The number of benzene rings is 2. The first-order valence-electron chi connectivity index (χ1n) is 15.2. The molecule has 2 fully saturated rings. The summed E-state index contributed by atoms with van der Waals surface area (Å²) in [5.41, 5.74) is 4.56. The number of carbonyl (C=O) groups excluding carboxylic acids is 4. The van der Waals surface area contributed by atoms with E-state index in [-0.39, 0.29) is 48.9 Å². The summed E-state index contributed by atoms with van der Waals surface area (Å²) in [6.45, 7) is 4.59. The summed E-state index contributed by atoms with van der Waals surface area (Å²) >= 11 is 0. The molecule has 0 radical (unpaired) electrons. The minimum Gasteiger partial charge on any atom is -0.491 e. The number of hydrogen-bond acceptors (Lipinski definition) is 8. The van der Waals surface area contributed by atoms with Gasteiger partial charge in [-0.3, -0.25) is 24.1 Å². The average Bonchev–Trinajstić information content (AvgIpc) is 3.31. The summed E-state index contributed by atoms with van der Waals surface area (Å²) in [5, 5.41) is 9.12. The van der Waals surface area contributed by atoms with Crippen LogP contribution in [0.4, 0.5) is 11.4 Å². The minimum absolute atomic E-state index is 0.109. The van der Waals surface area contributed by atoms with E-state index in [9.17, 15) is 19.2 Å². The summed E-state index contributed by atoms with van der Waals surface area (Å²) in [6.07, 6.45) is 4.06. The summed E-state index contributed by atoms with van der Waals surface area (Å²) in [5.74, 6) is -2.33. The van der Waals surface area contributed by atoms with E-state index in [1.807, 2.05) is 42.5 Å². The molecule has 1 N–H and O–H groups in total. The molecular weight excluding hydrogens is 560 g/mol. The molecule has 0 bridgehead atoms. The van der Waals surface area contributed by atoms with E-state index >= 15 is 0 Å². The number of ether oxygens (including phenoxy) is 2. The second kappa shape index (κ2) is 11.3. The van der Waals surface area contributed by atoms with E-state index in [2.05, 4.69) is 4.90 Å². The summed E-state index contributed by atoms with van der Waals surface area (Å²) in [7, 11) is 0. The van der Waals surface area contributed by atoms with Gasteiger partial charge in [-0.05, 0) is 73.7 Å². The molecule has 9 heteroatoms. The molecule has 4 atom stereocenters. The van der Waals surface area contributed by atoms with Gasteiger partial charge in [-0.25, -0.2) is 0 Å². The number of hydrogen-bond donors (Lipinski definition) is 1. The molecule has 2 aliphatic heterocycles. The topological polar surface area (TPSA) is 113 Å². The van der Waals surface area contributed by atoms with Gasteiger partial charge in [0, 0.05) is 41.4 Å². The number of morpholine rings is 1. The van der Waals surface area contributed by atoms with E-state index in [0.717, 1.165) is 29.9 Å². The maximum Gasteiger partial charge on any atom is 0.238 e. The Bertz CT molecular complexity index is 1630. The fourth-order valence-electron chi connectivity index (χ4n) is 7.57. The van der Waals surface area contributed by atoms with Crippen molar-refractivity contribution in [2.24, 2.45) is 17.8 Å². The van der Waals surface area contributed by atoms with Gasteiger partial charge in [0.05, 0.1) is 37.3 Å². The smallest absolute Gasteiger partial charge is 0.238 e. The molecule has 2 aromatic rings. The molecule has 0 unspecified atom stereocenters. The van der Waals surface area contributed by atoms with Gasteiger partial charge in [-0.15, -0.1) is 0 Å². The third kappa shape index (κ3) is 4.62.